The Kier molecular flexibility index (Phi) is 5.70. The van der Waals surface area contributed by atoms with Crippen LogP contribution in [0.2, 0.25) is 0 Å². The molecule has 6 nitrogen and oxygen atoms in total. The molecular formula is C18H26N2O4. The van der Waals surface area contributed by atoms with Crippen molar-refractivity contribution >= 4 is 17.7 Å². The van der Waals surface area contributed by atoms with E-state index in [-0.39, 0.29) is 18.1 Å². The molecule has 1 N–H and O–H groups in total. The Hall–Kier alpha value is -2.24. The van der Waals surface area contributed by atoms with Gasteiger partial charge in [0.05, 0.1) is 12.7 Å². The molecule has 0 spiro atoms. The van der Waals surface area contributed by atoms with Crippen molar-refractivity contribution < 1.29 is 19.1 Å². The summed E-state index contributed by atoms with van der Waals surface area (Å²) in [7, 11) is 1.37. The van der Waals surface area contributed by atoms with Crippen molar-refractivity contribution in [2.24, 2.45) is 0 Å². The van der Waals surface area contributed by atoms with Crippen LogP contribution in [0.5, 0.6) is 0 Å². The second-order valence-corrected chi connectivity index (χ2v) is 6.97. The Balaban J connectivity index is 1.95. The topological polar surface area (TPSA) is 67.9 Å². The molecule has 1 aromatic carbocycles. The van der Waals surface area contributed by atoms with Gasteiger partial charge in [0.2, 0.25) is 0 Å². The molecule has 0 unspecified atom stereocenters. The molecule has 1 saturated heterocycles. The number of hydrogen-bond donors (Lipinski definition) is 1. The smallest absolute Gasteiger partial charge is 0.407 e. The van der Waals surface area contributed by atoms with Crippen LogP contribution >= 0.6 is 0 Å². The van der Waals surface area contributed by atoms with Gasteiger partial charge in [0.25, 0.3) is 0 Å². The normalized spacial score (nSPS) is 18.0. The molecule has 0 saturated carbocycles. The standard InChI is InChI=1S/C18H26N2O4/c1-18(2,3)24-17(22)19-14-6-5-11-20(12-14)15-9-7-13(8-10-15)16(21)23-4/h7-10,14H,5-6,11-12H2,1-4H3,(H,19,22)/t14-/m0/s1. The lowest BCUT2D eigenvalue weighted by molar-refractivity contribution is 0.0499. The number of carbonyl (C=O) groups is 2. The van der Waals surface area contributed by atoms with E-state index in [0.717, 1.165) is 31.6 Å². The van der Waals surface area contributed by atoms with Crippen LogP contribution in [0.25, 0.3) is 0 Å². The number of hydrogen-bond acceptors (Lipinski definition) is 5. The van der Waals surface area contributed by atoms with Crippen LogP contribution in [0.3, 0.4) is 0 Å². The molecule has 1 amide bonds. The van der Waals surface area contributed by atoms with Gasteiger partial charge in [-0.05, 0) is 57.9 Å². The molecule has 1 aliphatic heterocycles. The minimum atomic E-state index is -0.498. The summed E-state index contributed by atoms with van der Waals surface area (Å²) >= 11 is 0. The van der Waals surface area contributed by atoms with Gasteiger partial charge in [0.15, 0.2) is 0 Å². The third-order valence-corrected chi connectivity index (χ3v) is 3.80. The third-order valence-electron chi connectivity index (χ3n) is 3.80. The predicted molar refractivity (Wildman–Crippen MR) is 92.4 cm³/mol. The molecule has 0 aromatic heterocycles. The number of rotatable bonds is 3. The Morgan fingerprint density at radius 2 is 1.88 bits per heavy atom. The van der Waals surface area contributed by atoms with Crippen LogP contribution in [0.15, 0.2) is 24.3 Å². The lowest BCUT2D eigenvalue weighted by atomic mass is 10.0. The van der Waals surface area contributed by atoms with Gasteiger partial charge in [-0.2, -0.15) is 0 Å². The fourth-order valence-corrected chi connectivity index (χ4v) is 2.73. The molecule has 2 rings (SSSR count). The number of ether oxygens (including phenoxy) is 2. The molecule has 1 aromatic rings. The monoisotopic (exact) mass is 334 g/mol. The van der Waals surface area contributed by atoms with E-state index in [1.165, 1.54) is 7.11 Å². The quantitative estimate of drug-likeness (QED) is 0.861. The molecule has 1 fully saturated rings. The maximum absolute atomic E-state index is 11.9. The highest BCUT2D eigenvalue weighted by molar-refractivity contribution is 5.89. The van der Waals surface area contributed by atoms with E-state index in [1.54, 1.807) is 12.1 Å². The van der Waals surface area contributed by atoms with Crippen molar-refractivity contribution in [1.29, 1.82) is 0 Å². The predicted octanol–water partition coefficient (Wildman–Crippen LogP) is 2.97. The minimum absolute atomic E-state index is 0.0499. The Morgan fingerprint density at radius 1 is 1.21 bits per heavy atom. The maximum Gasteiger partial charge on any atom is 0.407 e. The average Bonchev–Trinajstić information content (AvgIpc) is 2.52. The molecule has 1 heterocycles. The van der Waals surface area contributed by atoms with Gasteiger partial charge in [-0.3, -0.25) is 0 Å². The maximum atomic E-state index is 11.9. The fraction of sp³-hybridized carbons (Fsp3) is 0.556. The second-order valence-electron chi connectivity index (χ2n) is 6.97. The second kappa shape index (κ2) is 7.55. The number of piperidine rings is 1. The number of amides is 1. The summed E-state index contributed by atoms with van der Waals surface area (Å²) in [5.74, 6) is -0.343. The number of nitrogens with one attached hydrogen (secondary N) is 1. The lowest BCUT2D eigenvalue weighted by Crippen LogP contribution is -2.49. The van der Waals surface area contributed by atoms with Crippen LogP contribution in [0, 0.1) is 0 Å². The van der Waals surface area contributed by atoms with E-state index in [2.05, 4.69) is 10.2 Å². The molecule has 24 heavy (non-hydrogen) atoms. The number of nitrogens with zero attached hydrogens (tertiary/aromatic N) is 1. The molecule has 1 atom stereocenters. The van der Waals surface area contributed by atoms with Gasteiger partial charge in [-0.25, -0.2) is 9.59 Å². The first kappa shape index (κ1) is 18.1. The van der Waals surface area contributed by atoms with Gasteiger partial charge in [0, 0.05) is 24.8 Å². The van der Waals surface area contributed by atoms with Crippen molar-refractivity contribution in [3.8, 4) is 0 Å². The summed E-state index contributed by atoms with van der Waals surface area (Å²) in [5.41, 5.74) is 1.06. The summed E-state index contributed by atoms with van der Waals surface area (Å²) in [5, 5.41) is 2.94. The summed E-state index contributed by atoms with van der Waals surface area (Å²) in [6.07, 6.45) is 1.53. The van der Waals surface area contributed by atoms with E-state index in [0.29, 0.717) is 5.56 Å². The van der Waals surface area contributed by atoms with E-state index in [9.17, 15) is 9.59 Å². The van der Waals surface area contributed by atoms with Gasteiger partial charge in [-0.15, -0.1) is 0 Å². The number of alkyl carbamates (subject to hydrolysis) is 1. The third kappa shape index (κ3) is 5.15. The summed E-state index contributed by atoms with van der Waals surface area (Å²) in [6, 6.07) is 7.37. The van der Waals surface area contributed by atoms with Crippen molar-refractivity contribution in [3.63, 3.8) is 0 Å². The van der Waals surface area contributed by atoms with Crippen molar-refractivity contribution in [3.05, 3.63) is 29.8 Å². The van der Waals surface area contributed by atoms with E-state index < -0.39 is 5.60 Å². The Morgan fingerprint density at radius 3 is 2.46 bits per heavy atom. The number of benzene rings is 1. The molecule has 0 radical (unpaired) electrons. The first-order valence-corrected chi connectivity index (χ1v) is 8.21. The van der Waals surface area contributed by atoms with Crippen molar-refractivity contribution in [1.82, 2.24) is 5.32 Å². The van der Waals surface area contributed by atoms with Crippen LogP contribution < -0.4 is 10.2 Å². The van der Waals surface area contributed by atoms with E-state index in [1.807, 2.05) is 32.9 Å². The highest BCUT2D eigenvalue weighted by atomic mass is 16.6. The number of methoxy groups -OCH3 is 1. The van der Waals surface area contributed by atoms with Gasteiger partial charge in [-0.1, -0.05) is 0 Å². The molecule has 0 bridgehead atoms. The zero-order valence-electron chi connectivity index (χ0n) is 14.8. The van der Waals surface area contributed by atoms with Crippen molar-refractivity contribution in [2.45, 2.75) is 45.3 Å². The lowest BCUT2D eigenvalue weighted by Gasteiger charge is -2.35. The van der Waals surface area contributed by atoms with Crippen LogP contribution in [0.1, 0.15) is 44.0 Å². The zero-order valence-corrected chi connectivity index (χ0v) is 14.8. The van der Waals surface area contributed by atoms with E-state index in [4.69, 9.17) is 9.47 Å². The van der Waals surface area contributed by atoms with Gasteiger partial charge >= 0.3 is 12.1 Å². The first-order valence-electron chi connectivity index (χ1n) is 8.21. The summed E-state index contributed by atoms with van der Waals surface area (Å²) in [6.45, 7) is 7.19. The minimum Gasteiger partial charge on any atom is -0.465 e. The van der Waals surface area contributed by atoms with Crippen LogP contribution in [0.4, 0.5) is 10.5 Å². The number of esters is 1. The molecular weight excluding hydrogens is 308 g/mol. The number of carbonyl (C=O) groups excluding carboxylic acids is 2. The Labute approximate surface area is 143 Å². The molecule has 132 valence electrons. The van der Waals surface area contributed by atoms with Gasteiger partial charge < -0.3 is 19.7 Å². The van der Waals surface area contributed by atoms with Gasteiger partial charge in [0.1, 0.15) is 5.60 Å². The number of anilines is 1. The summed E-state index contributed by atoms with van der Waals surface area (Å²) in [4.78, 5) is 25.6. The Bertz CT molecular complexity index is 578. The SMILES string of the molecule is COC(=O)c1ccc(N2CCC[C@H](NC(=O)OC(C)(C)C)C2)cc1. The highest BCUT2D eigenvalue weighted by Gasteiger charge is 2.24. The summed E-state index contributed by atoms with van der Waals surface area (Å²) < 4.78 is 10.0. The molecule has 0 aliphatic carbocycles. The fourth-order valence-electron chi connectivity index (χ4n) is 2.73. The zero-order chi connectivity index (χ0) is 17.7. The molecule has 6 heteroatoms. The largest absolute Gasteiger partial charge is 0.465 e. The van der Waals surface area contributed by atoms with Crippen LogP contribution in [-0.4, -0.2) is 43.9 Å². The van der Waals surface area contributed by atoms with Crippen molar-refractivity contribution in [2.75, 3.05) is 25.1 Å². The molecule has 1 aliphatic rings. The average molecular weight is 334 g/mol. The highest BCUT2D eigenvalue weighted by Crippen LogP contribution is 2.21. The van der Waals surface area contributed by atoms with Crippen LogP contribution in [-0.2, 0) is 9.47 Å². The van der Waals surface area contributed by atoms with E-state index >= 15 is 0 Å². The first-order chi connectivity index (χ1) is 11.3.